The van der Waals surface area contributed by atoms with Crippen molar-refractivity contribution in [1.29, 1.82) is 0 Å². The number of nitrogens with zero attached hydrogens (tertiary/aromatic N) is 1. The smallest absolute Gasteiger partial charge is 0.254 e. The number of carbonyl (C=O) groups excluding carboxylic acids is 2. The summed E-state index contributed by atoms with van der Waals surface area (Å²) in [7, 11) is 0. The Labute approximate surface area is 118 Å². The van der Waals surface area contributed by atoms with E-state index in [0.717, 1.165) is 12.2 Å². The van der Waals surface area contributed by atoms with Gasteiger partial charge in [0.05, 0.1) is 12.6 Å². The SMILES string of the molecule is CC(C)Oc1ccc(C(=O)N2CCCNC(=O)C2)cc1. The molecule has 0 aliphatic carbocycles. The average molecular weight is 276 g/mol. The molecule has 0 bridgehead atoms. The van der Waals surface area contributed by atoms with Crippen LogP contribution >= 0.6 is 0 Å². The lowest BCUT2D eigenvalue weighted by atomic mass is 10.2. The predicted molar refractivity (Wildman–Crippen MR) is 75.7 cm³/mol. The highest BCUT2D eigenvalue weighted by atomic mass is 16.5. The molecule has 1 aliphatic heterocycles. The van der Waals surface area contributed by atoms with E-state index in [9.17, 15) is 9.59 Å². The number of hydrogen-bond acceptors (Lipinski definition) is 3. The fourth-order valence-electron chi connectivity index (χ4n) is 2.11. The van der Waals surface area contributed by atoms with Crippen molar-refractivity contribution in [3.05, 3.63) is 29.8 Å². The second kappa shape index (κ2) is 6.41. The summed E-state index contributed by atoms with van der Waals surface area (Å²) >= 11 is 0. The van der Waals surface area contributed by atoms with E-state index in [1.165, 1.54) is 0 Å². The Kier molecular flexibility index (Phi) is 4.61. The van der Waals surface area contributed by atoms with Gasteiger partial charge in [-0.2, -0.15) is 0 Å². The zero-order valence-electron chi connectivity index (χ0n) is 11.9. The Bertz CT molecular complexity index is 482. The van der Waals surface area contributed by atoms with Gasteiger partial charge in [-0.15, -0.1) is 0 Å². The Morgan fingerprint density at radius 1 is 1.30 bits per heavy atom. The summed E-state index contributed by atoms with van der Waals surface area (Å²) in [6, 6.07) is 7.04. The highest BCUT2D eigenvalue weighted by molar-refractivity contribution is 5.96. The molecule has 0 atom stereocenters. The summed E-state index contributed by atoms with van der Waals surface area (Å²) in [5.74, 6) is 0.527. The van der Waals surface area contributed by atoms with E-state index in [-0.39, 0.29) is 24.5 Å². The first-order valence-electron chi connectivity index (χ1n) is 6.89. The van der Waals surface area contributed by atoms with Gasteiger partial charge in [0.1, 0.15) is 5.75 Å². The van der Waals surface area contributed by atoms with Crippen LogP contribution in [0.25, 0.3) is 0 Å². The molecular weight excluding hydrogens is 256 g/mol. The van der Waals surface area contributed by atoms with Crippen molar-refractivity contribution < 1.29 is 14.3 Å². The fourth-order valence-corrected chi connectivity index (χ4v) is 2.11. The van der Waals surface area contributed by atoms with Crippen molar-refractivity contribution in [3.8, 4) is 5.75 Å². The first kappa shape index (κ1) is 14.4. The lowest BCUT2D eigenvalue weighted by Crippen LogP contribution is -2.37. The van der Waals surface area contributed by atoms with Crippen LogP contribution in [0.1, 0.15) is 30.6 Å². The quantitative estimate of drug-likeness (QED) is 0.908. The normalized spacial score (nSPS) is 15.8. The Balaban J connectivity index is 2.06. The van der Waals surface area contributed by atoms with E-state index in [0.29, 0.717) is 18.7 Å². The minimum absolute atomic E-state index is 0.101. The van der Waals surface area contributed by atoms with Crippen molar-refractivity contribution in [2.45, 2.75) is 26.4 Å². The van der Waals surface area contributed by atoms with Crippen molar-refractivity contribution >= 4 is 11.8 Å². The largest absolute Gasteiger partial charge is 0.491 e. The number of nitrogens with one attached hydrogen (secondary N) is 1. The summed E-state index contributed by atoms with van der Waals surface area (Å²) in [4.78, 5) is 25.4. The Morgan fingerprint density at radius 2 is 2.00 bits per heavy atom. The monoisotopic (exact) mass is 276 g/mol. The topological polar surface area (TPSA) is 58.6 Å². The van der Waals surface area contributed by atoms with Crippen molar-refractivity contribution in [1.82, 2.24) is 10.2 Å². The molecule has 1 saturated heterocycles. The number of benzene rings is 1. The molecular formula is C15H20N2O3. The van der Waals surface area contributed by atoms with Gasteiger partial charge in [-0.25, -0.2) is 0 Å². The molecule has 0 saturated carbocycles. The molecule has 5 nitrogen and oxygen atoms in total. The van der Waals surface area contributed by atoms with Crippen LogP contribution in [-0.2, 0) is 4.79 Å². The molecule has 2 amide bonds. The van der Waals surface area contributed by atoms with Gasteiger partial charge < -0.3 is 15.0 Å². The molecule has 1 aliphatic rings. The van der Waals surface area contributed by atoms with Crippen molar-refractivity contribution in [3.63, 3.8) is 0 Å². The summed E-state index contributed by atoms with van der Waals surface area (Å²) < 4.78 is 5.54. The van der Waals surface area contributed by atoms with Crippen LogP contribution in [-0.4, -0.2) is 42.5 Å². The van der Waals surface area contributed by atoms with Gasteiger partial charge in [0.15, 0.2) is 0 Å². The zero-order chi connectivity index (χ0) is 14.5. The molecule has 1 fully saturated rings. The molecule has 1 aromatic rings. The number of hydrogen-bond donors (Lipinski definition) is 1. The van der Waals surface area contributed by atoms with Gasteiger partial charge in [0.25, 0.3) is 5.91 Å². The molecule has 20 heavy (non-hydrogen) atoms. The van der Waals surface area contributed by atoms with Crippen LogP contribution < -0.4 is 10.1 Å². The molecule has 0 unspecified atom stereocenters. The van der Waals surface area contributed by atoms with Gasteiger partial charge in [-0.1, -0.05) is 0 Å². The number of ether oxygens (including phenoxy) is 1. The lowest BCUT2D eigenvalue weighted by Gasteiger charge is -2.19. The fraction of sp³-hybridized carbons (Fsp3) is 0.467. The molecule has 1 aromatic carbocycles. The van der Waals surface area contributed by atoms with E-state index in [2.05, 4.69) is 5.32 Å². The molecule has 5 heteroatoms. The minimum Gasteiger partial charge on any atom is -0.491 e. The molecule has 0 aromatic heterocycles. The second-order valence-corrected chi connectivity index (χ2v) is 5.12. The molecule has 1 heterocycles. The maximum atomic E-state index is 12.3. The number of carbonyl (C=O) groups is 2. The third kappa shape index (κ3) is 3.73. The highest BCUT2D eigenvalue weighted by Crippen LogP contribution is 2.15. The number of rotatable bonds is 3. The minimum atomic E-state index is -0.113. The van der Waals surface area contributed by atoms with Crippen LogP contribution in [0.3, 0.4) is 0 Å². The standard InChI is InChI=1S/C15H20N2O3/c1-11(2)20-13-6-4-12(5-7-13)15(19)17-9-3-8-16-14(18)10-17/h4-7,11H,3,8-10H2,1-2H3,(H,16,18). The highest BCUT2D eigenvalue weighted by Gasteiger charge is 2.20. The van der Waals surface area contributed by atoms with Crippen LogP contribution in [0.2, 0.25) is 0 Å². The lowest BCUT2D eigenvalue weighted by molar-refractivity contribution is -0.121. The number of amides is 2. The maximum absolute atomic E-state index is 12.3. The van der Waals surface area contributed by atoms with Gasteiger partial charge in [-0.05, 0) is 44.5 Å². The van der Waals surface area contributed by atoms with Gasteiger partial charge in [0.2, 0.25) is 5.91 Å². The maximum Gasteiger partial charge on any atom is 0.254 e. The van der Waals surface area contributed by atoms with Crippen LogP contribution in [0.4, 0.5) is 0 Å². The summed E-state index contributed by atoms with van der Waals surface area (Å²) in [5.41, 5.74) is 0.579. The Hall–Kier alpha value is -2.04. The molecule has 0 radical (unpaired) electrons. The van der Waals surface area contributed by atoms with Crippen LogP contribution in [0, 0.1) is 0 Å². The summed E-state index contributed by atoms with van der Waals surface area (Å²) in [6.07, 6.45) is 0.886. The molecule has 108 valence electrons. The average Bonchev–Trinajstić information content (AvgIpc) is 2.63. The second-order valence-electron chi connectivity index (χ2n) is 5.12. The molecule has 2 rings (SSSR count). The summed E-state index contributed by atoms with van der Waals surface area (Å²) in [6.45, 7) is 5.26. The third-order valence-corrected chi connectivity index (χ3v) is 3.02. The van der Waals surface area contributed by atoms with Gasteiger partial charge >= 0.3 is 0 Å². The van der Waals surface area contributed by atoms with E-state index in [4.69, 9.17) is 4.74 Å². The van der Waals surface area contributed by atoms with E-state index in [1.54, 1.807) is 29.2 Å². The van der Waals surface area contributed by atoms with E-state index >= 15 is 0 Å². The van der Waals surface area contributed by atoms with E-state index < -0.39 is 0 Å². The van der Waals surface area contributed by atoms with Crippen molar-refractivity contribution in [2.24, 2.45) is 0 Å². The predicted octanol–water partition coefficient (Wildman–Crippen LogP) is 1.44. The first-order chi connectivity index (χ1) is 9.56. The van der Waals surface area contributed by atoms with Crippen LogP contribution in [0.15, 0.2) is 24.3 Å². The summed E-state index contributed by atoms with van der Waals surface area (Å²) in [5, 5.41) is 2.76. The first-order valence-corrected chi connectivity index (χ1v) is 6.89. The molecule has 1 N–H and O–H groups in total. The molecule has 0 spiro atoms. The van der Waals surface area contributed by atoms with E-state index in [1.807, 2.05) is 13.8 Å². The zero-order valence-corrected chi connectivity index (χ0v) is 11.9. The van der Waals surface area contributed by atoms with Gasteiger partial charge in [0, 0.05) is 18.7 Å². The van der Waals surface area contributed by atoms with Crippen LogP contribution in [0.5, 0.6) is 5.75 Å². The third-order valence-electron chi connectivity index (χ3n) is 3.02. The Morgan fingerprint density at radius 3 is 2.65 bits per heavy atom. The van der Waals surface area contributed by atoms with Crippen molar-refractivity contribution in [2.75, 3.05) is 19.6 Å². The van der Waals surface area contributed by atoms with Gasteiger partial charge in [-0.3, -0.25) is 9.59 Å².